The molecule has 0 amide bonds. The minimum Gasteiger partial charge on any atom is -0.395 e. The highest BCUT2D eigenvalue weighted by atomic mass is 35.5. The largest absolute Gasteiger partial charge is 0.395 e. The summed E-state index contributed by atoms with van der Waals surface area (Å²) >= 11 is 6.36. The number of piperidine rings is 1. The molecule has 4 nitrogen and oxygen atoms in total. The molecule has 25 heavy (non-hydrogen) atoms. The van der Waals surface area contributed by atoms with Gasteiger partial charge in [0.15, 0.2) is 0 Å². The van der Waals surface area contributed by atoms with Gasteiger partial charge in [0, 0.05) is 40.5 Å². The van der Waals surface area contributed by atoms with Crippen molar-refractivity contribution < 1.29 is 0 Å². The number of H-pyrrole nitrogens is 1. The van der Waals surface area contributed by atoms with Gasteiger partial charge in [0.2, 0.25) is 0 Å². The van der Waals surface area contributed by atoms with Gasteiger partial charge in [-0.05, 0) is 43.3 Å². The summed E-state index contributed by atoms with van der Waals surface area (Å²) in [5, 5.41) is 13.6. The summed E-state index contributed by atoms with van der Waals surface area (Å²) in [5.41, 5.74) is 8.95. The molecule has 0 bridgehead atoms. The molecular formula is C20H21ClN4. The highest BCUT2D eigenvalue weighted by Crippen LogP contribution is 2.25. The summed E-state index contributed by atoms with van der Waals surface area (Å²) < 4.78 is 0. The first-order chi connectivity index (χ1) is 12.1. The van der Waals surface area contributed by atoms with Gasteiger partial charge in [-0.1, -0.05) is 29.3 Å². The Morgan fingerprint density at radius 3 is 2.68 bits per heavy atom. The fourth-order valence-corrected chi connectivity index (χ4v) is 3.90. The van der Waals surface area contributed by atoms with Crippen LogP contribution in [-0.4, -0.2) is 30.0 Å². The maximum Gasteiger partial charge on any atom is 0.0870 e. The number of aromatic nitrogens is 1. The number of aromatic amines is 1. The number of halogens is 1. The summed E-state index contributed by atoms with van der Waals surface area (Å²) in [6.45, 7) is 2.10. The first-order valence-electron chi connectivity index (χ1n) is 8.50. The lowest BCUT2D eigenvalue weighted by molar-refractivity contribution is 0.328. The number of hydrogen-bond donors (Lipinski definition) is 3. The summed E-state index contributed by atoms with van der Waals surface area (Å²) in [6, 6.07) is 9.93. The number of hydrogen-bond acceptors (Lipinski definition) is 3. The molecule has 1 saturated heterocycles. The molecule has 0 atom stereocenters. The third-order valence-electron chi connectivity index (χ3n) is 5.14. The number of nitrogen functional groups attached to an aromatic ring is 1. The molecule has 1 aliphatic rings. The Morgan fingerprint density at radius 2 is 1.92 bits per heavy atom. The average Bonchev–Trinajstić information content (AvgIpc) is 2.80. The number of pyridine rings is 1. The minimum absolute atomic E-state index is 0.331. The summed E-state index contributed by atoms with van der Waals surface area (Å²) in [6.07, 6.45) is 3.91. The fraction of sp³-hybridized carbons (Fsp3) is 0.250. The van der Waals surface area contributed by atoms with Crippen LogP contribution in [0.4, 0.5) is 5.69 Å². The number of nitrogens with two attached hydrogens (primary N) is 1. The van der Waals surface area contributed by atoms with E-state index in [4.69, 9.17) is 22.7 Å². The van der Waals surface area contributed by atoms with Gasteiger partial charge >= 0.3 is 0 Å². The van der Waals surface area contributed by atoms with E-state index in [1.165, 1.54) is 10.8 Å². The van der Waals surface area contributed by atoms with Crippen molar-refractivity contribution in [2.45, 2.75) is 12.8 Å². The van der Waals surface area contributed by atoms with Crippen LogP contribution < -0.4 is 16.3 Å². The molecule has 0 spiro atoms. The Morgan fingerprint density at radius 1 is 1.16 bits per heavy atom. The van der Waals surface area contributed by atoms with Crippen LogP contribution >= 0.6 is 11.6 Å². The van der Waals surface area contributed by atoms with Crippen LogP contribution in [0.2, 0.25) is 5.02 Å². The Balaban J connectivity index is 2.27. The van der Waals surface area contributed by atoms with E-state index in [9.17, 15) is 0 Å². The third kappa shape index (κ3) is 2.71. The maximum absolute atomic E-state index is 8.57. The van der Waals surface area contributed by atoms with Crippen molar-refractivity contribution in [2.24, 2.45) is 0 Å². The van der Waals surface area contributed by atoms with Crippen molar-refractivity contribution in [3.05, 3.63) is 52.1 Å². The number of likely N-dealkylation sites (tertiary alicyclic amines) is 1. The van der Waals surface area contributed by atoms with Crippen LogP contribution in [0, 0.1) is 5.41 Å². The SMILES string of the molecule is CN1CCC(=c2ccc(Cl)cc3c(=N)c(N)c4[nH]cccc4c23)CC1. The Labute approximate surface area is 151 Å². The quantitative estimate of drug-likeness (QED) is 0.544. The van der Waals surface area contributed by atoms with Gasteiger partial charge in [-0.3, -0.25) is 5.41 Å². The molecule has 4 N–H and O–H groups in total. The molecule has 4 rings (SSSR count). The lowest BCUT2D eigenvalue weighted by atomic mass is 9.97. The van der Waals surface area contributed by atoms with E-state index >= 15 is 0 Å². The summed E-state index contributed by atoms with van der Waals surface area (Å²) in [7, 11) is 2.16. The van der Waals surface area contributed by atoms with Crippen molar-refractivity contribution in [3.63, 3.8) is 0 Å². The molecule has 2 heterocycles. The molecular weight excluding hydrogens is 332 g/mol. The van der Waals surface area contributed by atoms with Crippen LogP contribution in [0.1, 0.15) is 12.8 Å². The van der Waals surface area contributed by atoms with Crippen LogP contribution in [0.25, 0.3) is 27.2 Å². The molecule has 0 unspecified atom stereocenters. The van der Waals surface area contributed by atoms with E-state index in [-0.39, 0.29) is 0 Å². The van der Waals surface area contributed by atoms with Crippen LogP contribution in [0.5, 0.6) is 0 Å². The van der Waals surface area contributed by atoms with Gasteiger partial charge < -0.3 is 15.6 Å². The van der Waals surface area contributed by atoms with Gasteiger partial charge in [0.1, 0.15) is 0 Å². The number of fused-ring (bicyclic) bond motifs is 3. The molecule has 128 valence electrons. The standard InChI is InChI=1S/C20H21ClN4/c1-25-9-6-12(7-10-25)14-5-4-13(21)11-16-17(14)15-3-2-8-24-20(15)19(23)18(16)22/h2-5,8,11,22,24H,6-7,9-10,23H2,1H3. The van der Waals surface area contributed by atoms with Crippen molar-refractivity contribution >= 4 is 44.5 Å². The van der Waals surface area contributed by atoms with Gasteiger partial charge in [-0.15, -0.1) is 0 Å². The summed E-state index contributed by atoms with van der Waals surface area (Å²) in [5.74, 6) is 0. The minimum atomic E-state index is 0.331. The number of rotatable bonds is 0. The molecule has 0 saturated carbocycles. The zero-order valence-corrected chi connectivity index (χ0v) is 15.0. The molecule has 3 aromatic rings. The summed E-state index contributed by atoms with van der Waals surface area (Å²) in [4.78, 5) is 5.57. The first kappa shape index (κ1) is 16.2. The van der Waals surface area contributed by atoms with Crippen LogP contribution in [0.15, 0.2) is 36.5 Å². The second kappa shape index (κ2) is 6.21. The second-order valence-corrected chi connectivity index (χ2v) is 7.16. The highest BCUT2D eigenvalue weighted by molar-refractivity contribution is 6.31. The normalized spacial score (nSPS) is 15.8. The van der Waals surface area contributed by atoms with Gasteiger partial charge in [-0.2, -0.15) is 0 Å². The van der Waals surface area contributed by atoms with Crippen LogP contribution in [0.3, 0.4) is 0 Å². The van der Waals surface area contributed by atoms with Crippen LogP contribution in [-0.2, 0) is 0 Å². The van der Waals surface area contributed by atoms with E-state index in [1.807, 2.05) is 24.4 Å². The molecule has 1 fully saturated rings. The Hall–Kier alpha value is -2.30. The van der Waals surface area contributed by atoms with Crippen molar-refractivity contribution in [1.82, 2.24) is 9.88 Å². The lowest BCUT2D eigenvalue weighted by Crippen LogP contribution is -2.28. The number of nitrogens with zero attached hydrogens (tertiary/aromatic N) is 1. The maximum atomic E-state index is 8.57. The zero-order valence-electron chi connectivity index (χ0n) is 14.2. The molecule has 0 aliphatic carbocycles. The van der Waals surface area contributed by atoms with E-state index < -0.39 is 0 Å². The Kier molecular flexibility index (Phi) is 4.02. The topological polar surface area (TPSA) is 68.9 Å². The smallest absolute Gasteiger partial charge is 0.0870 e. The van der Waals surface area contributed by atoms with E-state index in [1.54, 1.807) is 0 Å². The van der Waals surface area contributed by atoms with E-state index in [2.05, 4.69) is 29.1 Å². The highest BCUT2D eigenvalue weighted by Gasteiger charge is 2.14. The van der Waals surface area contributed by atoms with Crippen molar-refractivity contribution in [1.29, 1.82) is 5.41 Å². The van der Waals surface area contributed by atoms with Gasteiger partial charge in [0.25, 0.3) is 0 Å². The monoisotopic (exact) mass is 352 g/mol. The lowest BCUT2D eigenvalue weighted by Gasteiger charge is -2.24. The number of benzene rings is 1. The Bertz CT molecular complexity index is 1100. The molecule has 1 aromatic heterocycles. The molecule has 5 heteroatoms. The third-order valence-corrected chi connectivity index (χ3v) is 5.37. The molecule has 2 aromatic carbocycles. The van der Waals surface area contributed by atoms with E-state index in [0.717, 1.165) is 47.6 Å². The van der Waals surface area contributed by atoms with Crippen molar-refractivity contribution in [2.75, 3.05) is 25.9 Å². The number of anilines is 1. The second-order valence-electron chi connectivity index (χ2n) is 6.72. The van der Waals surface area contributed by atoms with E-state index in [0.29, 0.717) is 16.1 Å². The number of nitrogens with one attached hydrogen (secondary N) is 2. The first-order valence-corrected chi connectivity index (χ1v) is 8.87. The fourth-order valence-electron chi connectivity index (χ4n) is 3.73. The predicted octanol–water partition coefficient (Wildman–Crippen LogP) is 3.19. The van der Waals surface area contributed by atoms with Gasteiger partial charge in [0.05, 0.1) is 16.6 Å². The average molecular weight is 353 g/mol. The van der Waals surface area contributed by atoms with Gasteiger partial charge in [-0.25, -0.2) is 0 Å². The zero-order chi connectivity index (χ0) is 17.6. The molecule has 1 aliphatic heterocycles. The molecule has 0 radical (unpaired) electrons. The predicted molar refractivity (Wildman–Crippen MR) is 105 cm³/mol. The van der Waals surface area contributed by atoms with Crippen molar-refractivity contribution in [3.8, 4) is 0 Å².